The molecule has 0 saturated carbocycles. The first-order valence-corrected chi connectivity index (χ1v) is 6.07. The highest BCUT2D eigenvalue weighted by Gasteiger charge is 2.26. The van der Waals surface area contributed by atoms with Gasteiger partial charge in [-0.15, -0.1) is 0 Å². The lowest BCUT2D eigenvalue weighted by molar-refractivity contribution is 0.528. The van der Waals surface area contributed by atoms with Crippen LogP contribution in [0, 0.1) is 0 Å². The minimum atomic E-state index is -0.780. The molecule has 0 N–H and O–H groups in total. The summed E-state index contributed by atoms with van der Waals surface area (Å²) in [6, 6.07) is 0.270. The molecule has 72 valence electrons. The summed E-state index contributed by atoms with van der Waals surface area (Å²) in [5.41, 5.74) is 1.89. The van der Waals surface area contributed by atoms with E-state index >= 15 is 0 Å². The fourth-order valence-electron chi connectivity index (χ4n) is 1.46. The van der Waals surface area contributed by atoms with Crippen molar-refractivity contribution in [2.75, 3.05) is 0 Å². The molecule has 1 aliphatic heterocycles. The number of halogens is 1. The first-order valence-electron chi connectivity index (χ1n) is 4.20. The fourth-order valence-corrected chi connectivity index (χ4v) is 3.21. The van der Waals surface area contributed by atoms with E-state index in [9.17, 15) is 4.21 Å². The fraction of sp³-hybridized carbons (Fsp3) is 0.625. The van der Waals surface area contributed by atoms with Gasteiger partial charge in [-0.2, -0.15) is 5.10 Å². The highest BCUT2D eigenvalue weighted by Crippen LogP contribution is 2.30. The number of rotatable bonds is 1. The molecule has 0 aliphatic carbocycles. The summed E-state index contributed by atoms with van der Waals surface area (Å²) in [5, 5.41) is 4.99. The number of aromatic nitrogens is 2. The lowest BCUT2D eigenvalue weighted by Gasteiger charge is -2.06. The van der Waals surface area contributed by atoms with Gasteiger partial charge in [0.15, 0.2) is 0 Å². The van der Waals surface area contributed by atoms with Crippen LogP contribution in [0.15, 0.2) is 0 Å². The van der Waals surface area contributed by atoms with E-state index in [2.05, 4.69) is 5.10 Å². The molecule has 0 fully saturated rings. The van der Waals surface area contributed by atoms with E-state index in [0.717, 1.165) is 11.3 Å². The summed E-state index contributed by atoms with van der Waals surface area (Å²) in [5.74, 6) is 1.13. The van der Waals surface area contributed by atoms with Crippen LogP contribution in [-0.2, 0) is 22.3 Å². The largest absolute Gasteiger partial charge is 0.259 e. The second-order valence-corrected chi connectivity index (χ2v) is 5.30. The van der Waals surface area contributed by atoms with Crippen LogP contribution in [0.4, 0.5) is 0 Å². The van der Waals surface area contributed by atoms with Crippen LogP contribution >= 0.6 is 11.6 Å². The number of fused-ring (bicyclic) bond motifs is 1. The molecule has 13 heavy (non-hydrogen) atoms. The first-order chi connectivity index (χ1) is 6.09. The van der Waals surface area contributed by atoms with Crippen molar-refractivity contribution in [1.82, 2.24) is 9.78 Å². The molecule has 1 unspecified atom stereocenters. The van der Waals surface area contributed by atoms with Crippen molar-refractivity contribution in [3.63, 3.8) is 0 Å². The summed E-state index contributed by atoms with van der Waals surface area (Å²) >= 11 is 6.10. The van der Waals surface area contributed by atoms with E-state index in [1.54, 1.807) is 4.68 Å². The third kappa shape index (κ3) is 1.42. The summed E-state index contributed by atoms with van der Waals surface area (Å²) < 4.78 is 13.0. The zero-order valence-electron chi connectivity index (χ0n) is 7.58. The number of nitrogens with zero attached hydrogens (tertiary/aromatic N) is 2. The van der Waals surface area contributed by atoms with Gasteiger partial charge >= 0.3 is 0 Å². The molecule has 0 saturated heterocycles. The SMILES string of the molecule is CC(C)n1nc2c(c1Cl)CS(=O)C2. The quantitative estimate of drug-likeness (QED) is 0.722. The number of hydrogen-bond acceptors (Lipinski definition) is 2. The van der Waals surface area contributed by atoms with Crippen LogP contribution < -0.4 is 0 Å². The Morgan fingerprint density at radius 1 is 1.54 bits per heavy atom. The van der Waals surface area contributed by atoms with Crippen LogP contribution in [0.5, 0.6) is 0 Å². The monoisotopic (exact) mass is 218 g/mol. The topological polar surface area (TPSA) is 34.9 Å². The molecule has 2 rings (SSSR count). The Morgan fingerprint density at radius 2 is 2.23 bits per heavy atom. The maximum absolute atomic E-state index is 11.2. The standard InChI is InChI=1S/C8H11ClN2OS/c1-5(2)11-8(9)6-3-13(12)4-7(6)10-11/h5H,3-4H2,1-2H3. The van der Waals surface area contributed by atoms with Crippen molar-refractivity contribution in [1.29, 1.82) is 0 Å². The second kappa shape index (κ2) is 3.10. The maximum Gasteiger partial charge on any atom is 0.131 e. The van der Waals surface area contributed by atoms with Gasteiger partial charge in [0.1, 0.15) is 5.15 Å². The molecule has 0 aromatic carbocycles. The van der Waals surface area contributed by atoms with Gasteiger partial charge in [0.05, 0.1) is 17.2 Å². The Morgan fingerprint density at radius 3 is 2.77 bits per heavy atom. The summed E-state index contributed by atoms with van der Waals surface area (Å²) in [7, 11) is -0.780. The zero-order valence-corrected chi connectivity index (χ0v) is 9.15. The molecule has 1 aromatic heterocycles. The van der Waals surface area contributed by atoms with Gasteiger partial charge in [0.2, 0.25) is 0 Å². The molecule has 0 bridgehead atoms. The first kappa shape index (κ1) is 9.21. The molecule has 2 heterocycles. The number of hydrogen-bond donors (Lipinski definition) is 0. The van der Waals surface area contributed by atoms with Gasteiger partial charge in [-0.1, -0.05) is 11.6 Å². The van der Waals surface area contributed by atoms with E-state index in [-0.39, 0.29) is 6.04 Å². The lowest BCUT2D eigenvalue weighted by atomic mass is 10.3. The molecular weight excluding hydrogens is 208 g/mol. The molecule has 3 nitrogen and oxygen atoms in total. The van der Waals surface area contributed by atoms with Gasteiger partial charge < -0.3 is 0 Å². The van der Waals surface area contributed by atoms with Gasteiger partial charge in [-0.05, 0) is 13.8 Å². The normalized spacial score (nSPS) is 21.1. The van der Waals surface area contributed by atoms with Crippen molar-refractivity contribution in [3.8, 4) is 0 Å². The average molecular weight is 219 g/mol. The predicted molar refractivity (Wildman–Crippen MR) is 53.2 cm³/mol. The van der Waals surface area contributed by atoms with Gasteiger partial charge in [-0.25, -0.2) is 0 Å². The summed E-state index contributed by atoms with van der Waals surface area (Å²) in [6.45, 7) is 4.07. The Balaban J connectivity index is 2.47. The molecule has 1 aliphatic rings. The van der Waals surface area contributed by atoms with Crippen LogP contribution in [-0.4, -0.2) is 14.0 Å². The Bertz CT molecular complexity index is 372. The van der Waals surface area contributed by atoms with E-state index in [0.29, 0.717) is 16.7 Å². The molecule has 0 spiro atoms. The molecule has 0 amide bonds. The third-order valence-corrected chi connectivity index (χ3v) is 3.73. The van der Waals surface area contributed by atoms with Gasteiger partial charge in [0, 0.05) is 22.4 Å². The van der Waals surface area contributed by atoms with Crippen molar-refractivity contribution in [3.05, 3.63) is 16.4 Å². The van der Waals surface area contributed by atoms with E-state index in [4.69, 9.17) is 11.6 Å². The molecule has 0 radical (unpaired) electrons. The average Bonchev–Trinajstić information content (AvgIpc) is 2.51. The van der Waals surface area contributed by atoms with E-state index in [1.165, 1.54) is 0 Å². The summed E-state index contributed by atoms with van der Waals surface area (Å²) in [6.07, 6.45) is 0. The predicted octanol–water partition coefficient (Wildman–Crippen LogP) is 1.88. The lowest BCUT2D eigenvalue weighted by Crippen LogP contribution is -2.04. The molecular formula is C8H11ClN2OS. The van der Waals surface area contributed by atoms with E-state index < -0.39 is 10.8 Å². The van der Waals surface area contributed by atoms with Crippen molar-refractivity contribution < 1.29 is 4.21 Å². The Hall–Kier alpha value is -0.350. The summed E-state index contributed by atoms with van der Waals surface area (Å²) in [4.78, 5) is 0. The van der Waals surface area contributed by atoms with Crippen molar-refractivity contribution in [2.45, 2.75) is 31.4 Å². The Kier molecular flexibility index (Phi) is 2.20. The third-order valence-electron chi connectivity index (χ3n) is 2.12. The Labute approximate surface area is 84.5 Å². The highest BCUT2D eigenvalue weighted by molar-refractivity contribution is 7.83. The van der Waals surface area contributed by atoms with Crippen LogP contribution in [0.3, 0.4) is 0 Å². The van der Waals surface area contributed by atoms with Crippen LogP contribution in [0.2, 0.25) is 5.15 Å². The van der Waals surface area contributed by atoms with Gasteiger partial charge in [-0.3, -0.25) is 8.89 Å². The van der Waals surface area contributed by atoms with Crippen LogP contribution in [0.25, 0.3) is 0 Å². The van der Waals surface area contributed by atoms with E-state index in [1.807, 2.05) is 13.8 Å². The molecule has 5 heteroatoms. The van der Waals surface area contributed by atoms with Crippen molar-refractivity contribution >= 4 is 22.4 Å². The smallest absolute Gasteiger partial charge is 0.131 e. The second-order valence-electron chi connectivity index (χ2n) is 3.48. The zero-order chi connectivity index (χ0) is 9.59. The minimum absolute atomic E-state index is 0.270. The van der Waals surface area contributed by atoms with Gasteiger partial charge in [0.25, 0.3) is 0 Å². The molecule has 1 atom stereocenters. The minimum Gasteiger partial charge on any atom is -0.259 e. The highest BCUT2D eigenvalue weighted by atomic mass is 35.5. The molecule has 1 aromatic rings. The van der Waals surface area contributed by atoms with Crippen LogP contribution in [0.1, 0.15) is 31.1 Å². The van der Waals surface area contributed by atoms with Crippen molar-refractivity contribution in [2.24, 2.45) is 0 Å². The maximum atomic E-state index is 11.2.